The molecule has 0 radical (unpaired) electrons. The quantitative estimate of drug-likeness (QED) is 0.180. The van der Waals surface area contributed by atoms with Gasteiger partial charge in [-0.3, -0.25) is 19.2 Å². The highest BCUT2D eigenvalue weighted by atomic mass is 35.5. The Morgan fingerprint density at radius 3 is 2.61 bits per heavy atom. The lowest BCUT2D eigenvalue weighted by molar-refractivity contribution is -0.136. The Morgan fingerprint density at radius 1 is 1.12 bits per heavy atom. The number of carboxylic acid groups (broad SMARTS) is 1. The van der Waals surface area contributed by atoms with Gasteiger partial charge in [-0.05, 0) is 44.2 Å². The molecule has 1 saturated heterocycles. The van der Waals surface area contributed by atoms with Crippen LogP contribution in [0.3, 0.4) is 0 Å². The van der Waals surface area contributed by atoms with Crippen molar-refractivity contribution in [2.24, 2.45) is 0 Å². The van der Waals surface area contributed by atoms with E-state index in [1.54, 1.807) is 31.2 Å². The molecular weight excluding hydrogens is 683 g/mol. The number of nitriles is 1. The van der Waals surface area contributed by atoms with Crippen molar-refractivity contribution in [3.05, 3.63) is 74.4 Å². The minimum atomic E-state index is -4.18. The molecule has 1 N–H and O–H groups in total. The van der Waals surface area contributed by atoms with Crippen LogP contribution in [-0.2, 0) is 6.54 Å². The maximum absolute atomic E-state index is 13.9. The van der Waals surface area contributed by atoms with Crippen LogP contribution in [0.5, 0.6) is 5.75 Å². The minimum absolute atomic E-state index is 0.0285. The second-order valence-corrected chi connectivity index (χ2v) is 12.8. The molecule has 5 aromatic rings. The van der Waals surface area contributed by atoms with Crippen LogP contribution >= 0.6 is 22.9 Å². The largest absolute Gasteiger partial charge is 0.491 e. The number of carboxylic acids is 1. The summed E-state index contributed by atoms with van der Waals surface area (Å²) in [5, 5.41) is 21.5. The molecule has 254 valence electrons. The van der Waals surface area contributed by atoms with Crippen molar-refractivity contribution in [3.8, 4) is 22.9 Å². The van der Waals surface area contributed by atoms with Crippen LogP contribution in [0.25, 0.3) is 32.2 Å². The summed E-state index contributed by atoms with van der Waals surface area (Å²) in [6, 6.07) is 8.89. The zero-order valence-electron chi connectivity index (χ0n) is 26.1. The number of nitrogens with zero attached hydrogens (tertiary/aromatic N) is 7. The normalized spacial score (nSPS) is 14.0. The van der Waals surface area contributed by atoms with Crippen molar-refractivity contribution in [1.82, 2.24) is 24.4 Å². The molecule has 0 unspecified atom stereocenters. The third-order valence-electron chi connectivity index (χ3n) is 8.37. The summed E-state index contributed by atoms with van der Waals surface area (Å²) in [4.78, 5) is 42.9. The third-order valence-corrected chi connectivity index (χ3v) is 9.61. The van der Waals surface area contributed by atoms with Gasteiger partial charge in [-0.25, -0.2) is 14.8 Å². The van der Waals surface area contributed by atoms with Crippen LogP contribution in [0, 0.1) is 18.3 Å². The summed E-state index contributed by atoms with van der Waals surface area (Å²) in [5.74, 6) is 0.216. The van der Waals surface area contributed by atoms with Gasteiger partial charge in [0.1, 0.15) is 29.8 Å². The molecule has 0 saturated carbocycles. The Balaban J connectivity index is 1.23. The average Bonchev–Trinajstić information content (AvgIpc) is 3.51. The van der Waals surface area contributed by atoms with Crippen LogP contribution < -0.4 is 15.2 Å². The van der Waals surface area contributed by atoms with E-state index in [9.17, 15) is 33.1 Å². The number of thiophene rings is 1. The summed E-state index contributed by atoms with van der Waals surface area (Å²) in [6.45, 7) is 4.19. The lowest BCUT2D eigenvalue weighted by Crippen LogP contribution is -2.47. The highest BCUT2D eigenvalue weighted by molar-refractivity contribution is 7.18. The summed E-state index contributed by atoms with van der Waals surface area (Å²) in [5.41, 5.74) is 1.73. The van der Waals surface area contributed by atoms with Crippen molar-refractivity contribution in [2.75, 3.05) is 44.2 Å². The number of alkyl halides is 3. The standard InChI is InChI=1S/C33H29ClF3N7O4S/c1-19-41-28-26(20(16-38)17-40-30(28)43-11-9-42(10-12-43)8-2-6-33(35,36)37)31(45)44(19)13-14-48-25-4-3-21(34)15-23(25)22-5-7-39-27-24(32(46)47)18-49-29(22)27/h3-5,7,15,17-18H,2,6,8-14H2,1H3,(H,46,47). The molecule has 1 aliphatic heterocycles. The average molecular weight is 712 g/mol. The zero-order valence-corrected chi connectivity index (χ0v) is 27.7. The number of ether oxygens (including phenoxy) is 1. The van der Waals surface area contributed by atoms with Crippen LogP contribution in [0.2, 0.25) is 5.02 Å². The Morgan fingerprint density at radius 2 is 1.90 bits per heavy atom. The highest BCUT2D eigenvalue weighted by Gasteiger charge is 2.28. The van der Waals surface area contributed by atoms with Crippen LogP contribution in [0.15, 0.2) is 46.8 Å². The number of piperazine rings is 1. The highest BCUT2D eigenvalue weighted by Crippen LogP contribution is 2.39. The molecule has 1 fully saturated rings. The first kappa shape index (κ1) is 34.1. The van der Waals surface area contributed by atoms with Gasteiger partial charge in [0.2, 0.25) is 0 Å². The SMILES string of the molecule is Cc1nc2c(N3CCN(CCCC(F)(F)F)CC3)ncc(C#N)c2c(=O)n1CCOc1ccc(Cl)cc1-c1ccnc2c(C(=O)O)csc12. The summed E-state index contributed by atoms with van der Waals surface area (Å²) >= 11 is 7.60. The lowest BCUT2D eigenvalue weighted by Gasteiger charge is -2.35. The van der Waals surface area contributed by atoms with E-state index in [1.165, 1.54) is 33.7 Å². The first-order valence-corrected chi connectivity index (χ1v) is 16.6. The van der Waals surface area contributed by atoms with E-state index in [2.05, 4.69) is 9.97 Å². The van der Waals surface area contributed by atoms with Gasteiger partial charge in [-0.15, -0.1) is 11.3 Å². The fourth-order valence-corrected chi connectivity index (χ4v) is 7.16. The van der Waals surface area contributed by atoms with E-state index in [1.807, 2.05) is 15.9 Å². The lowest BCUT2D eigenvalue weighted by atomic mass is 10.0. The molecule has 6 rings (SSSR count). The molecule has 1 aliphatic rings. The third kappa shape index (κ3) is 7.17. The fraction of sp³-hybridized carbons (Fsp3) is 0.333. The number of rotatable bonds is 10. The molecule has 0 amide bonds. The van der Waals surface area contributed by atoms with E-state index in [0.29, 0.717) is 82.0 Å². The van der Waals surface area contributed by atoms with Crippen molar-refractivity contribution in [2.45, 2.75) is 32.5 Å². The molecule has 49 heavy (non-hydrogen) atoms. The van der Waals surface area contributed by atoms with E-state index >= 15 is 0 Å². The molecule has 11 nitrogen and oxygen atoms in total. The number of hydrogen-bond acceptors (Lipinski definition) is 10. The van der Waals surface area contributed by atoms with Gasteiger partial charge in [0.25, 0.3) is 5.56 Å². The van der Waals surface area contributed by atoms with Crippen molar-refractivity contribution in [3.63, 3.8) is 0 Å². The van der Waals surface area contributed by atoms with Crippen molar-refractivity contribution < 1.29 is 27.8 Å². The minimum Gasteiger partial charge on any atom is -0.491 e. The van der Waals surface area contributed by atoms with Crippen molar-refractivity contribution >= 4 is 55.8 Å². The zero-order chi connectivity index (χ0) is 34.9. The molecule has 0 atom stereocenters. The van der Waals surface area contributed by atoms with Crippen molar-refractivity contribution in [1.29, 1.82) is 5.26 Å². The van der Waals surface area contributed by atoms with E-state index in [-0.39, 0.29) is 36.1 Å². The van der Waals surface area contributed by atoms with Gasteiger partial charge in [0, 0.05) is 66.5 Å². The van der Waals surface area contributed by atoms with Gasteiger partial charge in [-0.2, -0.15) is 18.4 Å². The molecular formula is C33H29ClF3N7O4S. The Labute approximate surface area is 286 Å². The first-order valence-electron chi connectivity index (χ1n) is 15.3. The second-order valence-electron chi connectivity index (χ2n) is 11.5. The van der Waals surface area contributed by atoms with Gasteiger partial charge < -0.3 is 14.7 Å². The summed E-state index contributed by atoms with van der Waals surface area (Å²) < 4.78 is 46.0. The Hall–Kier alpha value is -4.78. The molecule has 0 spiro atoms. The fourth-order valence-electron chi connectivity index (χ4n) is 5.97. The number of pyridine rings is 2. The summed E-state index contributed by atoms with van der Waals surface area (Å²) in [7, 11) is 0. The molecule has 5 heterocycles. The number of hydrogen-bond donors (Lipinski definition) is 1. The van der Waals surface area contributed by atoms with Gasteiger partial charge >= 0.3 is 12.1 Å². The number of fused-ring (bicyclic) bond motifs is 2. The Bertz CT molecular complexity index is 2160. The molecule has 1 aromatic carbocycles. The number of halogens is 4. The van der Waals surface area contributed by atoms with E-state index < -0.39 is 24.1 Å². The predicted molar refractivity (Wildman–Crippen MR) is 180 cm³/mol. The number of benzene rings is 1. The molecule has 0 aliphatic carbocycles. The predicted octanol–water partition coefficient (Wildman–Crippen LogP) is 6.14. The maximum Gasteiger partial charge on any atom is 0.389 e. The topological polar surface area (TPSA) is 137 Å². The maximum atomic E-state index is 13.9. The van der Waals surface area contributed by atoms with Gasteiger partial charge in [0.15, 0.2) is 5.82 Å². The van der Waals surface area contributed by atoms with E-state index in [4.69, 9.17) is 21.3 Å². The van der Waals surface area contributed by atoms with E-state index in [0.717, 1.165) is 0 Å². The van der Waals surface area contributed by atoms with Gasteiger partial charge in [-0.1, -0.05) is 11.6 Å². The second kappa shape index (κ2) is 14.0. The molecule has 16 heteroatoms. The number of aryl methyl sites for hydroxylation is 1. The first-order chi connectivity index (χ1) is 23.4. The number of aromatic nitrogens is 4. The molecule has 0 bridgehead atoms. The Kier molecular flexibility index (Phi) is 9.73. The summed E-state index contributed by atoms with van der Waals surface area (Å²) in [6.07, 6.45) is -2.10. The van der Waals surface area contributed by atoms with Crippen LogP contribution in [0.1, 0.15) is 34.6 Å². The number of aromatic carboxylic acids is 1. The monoisotopic (exact) mass is 711 g/mol. The number of carbonyl (C=O) groups is 1. The molecule has 4 aromatic heterocycles. The van der Waals surface area contributed by atoms with Gasteiger partial charge in [0.05, 0.1) is 33.3 Å². The smallest absolute Gasteiger partial charge is 0.389 e. The van der Waals surface area contributed by atoms with Crippen LogP contribution in [-0.4, -0.2) is 81.0 Å². The number of anilines is 1. The van der Waals surface area contributed by atoms with Crippen LogP contribution in [0.4, 0.5) is 19.0 Å².